The molecule has 66 valence electrons. The lowest BCUT2D eigenvalue weighted by Crippen LogP contribution is -2.02. The van der Waals surface area contributed by atoms with E-state index in [0.29, 0.717) is 6.61 Å². The van der Waals surface area contributed by atoms with Crippen LogP contribution in [0.4, 0.5) is 0 Å². The monoisotopic (exact) mass is 185 g/mol. The molecule has 0 aromatic carbocycles. The fourth-order valence-electron chi connectivity index (χ4n) is 0.795. The van der Waals surface area contributed by atoms with Gasteiger partial charge in [-0.15, -0.1) is 11.8 Å². The fourth-order valence-corrected chi connectivity index (χ4v) is 1.29. The van der Waals surface area contributed by atoms with Crippen molar-refractivity contribution in [2.75, 3.05) is 19.5 Å². The van der Waals surface area contributed by atoms with Crippen LogP contribution in [0.5, 0.6) is 5.75 Å². The van der Waals surface area contributed by atoms with Gasteiger partial charge in [-0.05, 0) is 18.4 Å². The minimum Gasteiger partial charge on any atom is -0.488 e. The predicted molar refractivity (Wildman–Crippen MR) is 48.6 cm³/mol. The molecule has 1 aromatic rings. The molecule has 0 aliphatic heterocycles. The second kappa shape index (κ2) is 5.00. The number of hydrogen-bond acceptors (Lipinski definition) is 4. The second-order valence-corrected chi connectivity index (χ2v) is 2.88. The molecule has 1 aromatic heterocycles. The van der Waals surface area contributed by atoms with Crippen LogP contribution in [0.15, 0.2) is 23.4 Å². The molecular formula is C8H11NO2S. The number of ether oxygens (including phenoxy) is 1. The summed E-state index contributed by atoms with van der Waals surface area (Å²) in [6, 6.07) is 3.65. The molecule has 0 aliphatic rings. The first-order valence-corrected chi connectivity index (χ1v) is 4.83. The molecule has 0 aliphatic carbocycles. The number of rotatable bonds is 4. The molecular weight excluding hydrogens is 174 g/mol. The van der Waals surface area contributed by atoms with Crippen molar-refractivity contribution >= 4 is 11.8 Å². The first-order valence-electron chi connectivity index (χ1n) is 3.61. The van der Waals surface area contributed by atoms with Crippen molar-refractivity contribution < 1.29 is 9.84 Å². The van der Waals surface area contributed by atoms with E-state index in [2.05, 4.69) is 4.98 Å². The number of nitrogens with zero attached hydrogens (tertiary/aromatic N) is 1. The van der Waals surface area contributed by atoms with E-state index in [9.17, 15) is 0 Å². The molecule has 12 heavy (non-hydrogen) atoms. The van der Waals surface area contributed by atoms with E-state index < -0.39 is 0 Å². The van der Waals surface area contributed by atoms with Gasteiger partial charge in [-0.3, -0.25) is 0 Å². The van der Waals surface area contributed by atoms with Crippen LogP contribution in [0.3, 0.4) is 0 Å². The third-order valence-corrected chi connectivity index (χ3v) is 1.97. The molecule has 0 fully saturated rings. The summed E-state index contributed by atoms with van der Waals surface area (Å²) in [4.78, 5) is 4.11. The van der Waals surface area contributed by atoms with Crippen molar-refractivity contribution in [1.82, 2.24) is 4.98 Å². The number of thioether (sulfide) groups is 1. The molecule has 0 amide bonds. The molecule has 0 atom stereocenters. The van der Waals surface area contributed by atoms with Crippen molar-refractivity contribution in [3.05, 3.63) is 18.3 Å². The highest BCUT2D eigenvalue weighted by Gasteiger charge is 2.01. The number of pyridine rings is 1. The summed E-state index contributed by atoms with van der Waals surface area (Å²) in [6.45, 7) is 0.349. The molecule has 4 heteroatoms. The minimum absolute atomic E-state index is 0.0305. The van der Waals surface area contributed by atoms with Crippen LogP contribution in [-0.4, -0.2) is 29.6 Å². The van der Waals surface area contributed by atoms with Crippen molar-refractivity contribution in [2.45, 2.75) is 5.03 Å². The Morgan fingerprint density at radius 2 is 2.50 bits per heavy atom. The van der Waals surface area contributed by atoms with Crippen LogP contribution < -0.4 is 4.74 Å². The Balaban J connectivity index is 2.68. The predicted octanol–water partition coefficient (Wildman–Crippen LogP) is 1.17. The summed E-state index contributed by atoms with van der Waals surface area (Å²) in [6.07, 6.45) is 3.66. The summed E-state index contributed by atoms with van der Waals surface area (Å²) in [5.74, 6) is 0.735. The van der Waals surface area contributed by atoms with Crippen molar-refractivity contribution in [3.8, 4) is 5.75 Å². The van der Waals surface area contributed by atoms with E-state index in [4.69, 9.17) is 9.84 Å². The maximum Gasteiger partial charge on any atom is 0.151 e. The van der Waals surface area contributed by atoms with Crippen LogP contribution in [-0.2, 0) is 0 Å². The standard InChI is InChI=1S/C8H11NO2S/c1-12-8-7(11-6-5-10)3-2-4-9-8/h2-4,10H,5-6H2,1H3. The normalized spacial score (nSPS) is 9.83. The fraction of sp³-hybridized carbons (Fsp3) is 0.375. The van der Waals surface area contributed by atoms with Gasteiger partial charge in [0.15, 0.2) is 5.75 Å². The van der Waals surface area contributed by atoms with Gasteiger partial charge in [0.25, 0.3) is 0 Å². The van der Waals surface area contributed by atoms with Gasteiger partial charge in [0.05, 0.1) is 6.61 Å². The highest BCUT2D eigenvalue weighted by Crippen LogP contribution is 2.23. The van der Waals surface area contributed by atoms with Crippen molar-refractivity contribution in [1.29, 1.82) is 0 Å². The van der Waals surface area contributed by atoms with E-state index in [1.54, 1.807) is 6.20 Å². The molecule has 0 saturated heterocycles. The Morgan fingerprint density at radius 1 is 1.67 bits per heavy atom. The lowest BCUT2D eigenvalue weighted by Gasteiger charge is -2.06. The highest BCUT2D eigenvalue weighted by molar-refractivity contribution is 7.98. The Bertz CT molecular complexity index is 242. The third kappa shape index (κ3) is 2.39. The number of hydrogen-bond donors (Lipinski definition) is 1. The Kier molecular flexibility index (Phi) is 3.90. The second-order valence-electron chi connectivity index (χ2n) is 2.08. The minimum atomic E-state index is 0.0305. The Labute approximate surface area is 75.8 Å². The number of aromatic nitrogens is 1. The largest absolute Gasteiger partial charge is 0.488 e. The zero-order valence-electron chi connectivity index (χ0n) is 6.86. The average Bonchev–Trinajstić information content (AvgIpc) is 2.15. The molecule has 1 heterocycles. The third-order valence-electron chi connectivity index (χ3n) is 1.28. The van der Waals surface area contributed by atoms with Gasteiger partial charge < -0.3 is 9.84 Å². The number of aliphatic hydroxyl groups is 1. The van der Waals surface area contributed by atoms with Gasteiger partial charge in [-0.25, -0.2) is 4.98 Å². The summed E-state index contributed by atoms with van der Waals surface area (Å²) >= 11 is 1.53. The van der Waals surface area contributed by atoms with E-state index >= 15 is 0 Å². The molecule has 0 spiro atoms. The van der Waals surface area contributed by atoms with Crippen LogP contribution in [0.25, 0.3) is 0 Å². The first-order chi connectivity index (χ1) is 5.88. The molecule has 0 unspecified atom stereocenters. The average molecular weight is 185 g/mol. The van der Waals surface area contributed by atoms with E-state index in [-0.39, 0.29) is 6.61 Å². The zero-order chi connectivity index (χ0) is 8.81. The maximum atomic E-state index is 8.54. The topological polar surface area (TPSA) is 42.4 Å². The summed E-state index contributed by atoms with van der Waals surface area (Å²) < 4.78 is 5.24. The van der Waals surface area contributed by atoms with Crippen LogP contribution in [0, 0.1) is 0 Å². The molecule has 0 saturated carbocycles. The summed E-state index contributed by atoms with van der Waals surface area (Å²) in [5.41, 5.74) is 0. The lowest BCUT2D eigenvalue weighted by atomic mass is 10.5. The Morgan fingerprint density at radius 3 is 3.17 bits per heavy atom. The maximum absolute atomic E-state index is 8.54. The van der Waals surface area contributed by atoms with Gasteiger partial charge in [0, 0.05) is 6.20 Å². The quantitative estimate of drug-likeness (QED) is 0.715. The molecule has 1 rings (SSSR count). The van der Waals surface area contributed by atoms with E-state index in [1.807, 2.05) is 18.4 Å². The van der Waals surface area contributed by atoms with Gasteiger partial charge in [0.2, 0.25) is 0 Å². The SMILES string of the molecule is CSc1ncccc1OCCO. The molecule has 3 nitrogen and oxygen atoms in total. The summed E-state index contributed by atoms with van der Waals surface area (Å²) in [7, 11) is 0. The van der Waals surface area contributed by atoms with E-state index in [1.165, 1.54) is 11.8 Å². The van der Waals surface area contributed by atoms with Crippen molar-refractivity contribution in [2.24, 2.45) is 0 Å². The van der Waals surface area contributed by atoms with Gasteiger partial charge in [0.1, 0.15) is 11.6 Å². The smallest absolute Gasteiger partial charge is 0.151 e. The van der Waals surface area contributed by atoms with Gasteiger partial charge in [-0.2, -0.15) is 0 Å². The Hall–Kier alpha value is -0.740. The van der Waals surface area contributed by atoms with E-state index in [0.717, 1.165) is 10.8 Å². The lowest BCUT2D eigenvalue weighted by molar-refractivity contribution is 0.198. The molecule has 0 bridgehead atoms. The van der Waals surface area contributed by atoms with Crippen LogP contribution in [0.2, 0.25) is 0 Å². The van der Waals surface area contributed by atoms with Gasteiger partial charge >= 0.3 is 0 Å². The first kappa shape index (κ1) is 9.35. The molecule has 0 radical (unpaired) electrons. The number of aliphatic hydroxyl groups excluding tert-OH is 1. The van der Waals surface area contributed by atoms with Crippen LogP contribution >= 0.6 is 11.8 Å². The van der Waals surface area contributed by atoms with Crippen LogP contribution in [0.1, 0.15) is 0 Å². The van der Waals surface area contributed by atoms with Gasteiger partial charge in [-0.1, -0.05) is 0 Å². The highest BCUT2D eigenvalue weighted by atomic mass is 32.2. The van der Waals surface area contributed by atoms with Crippen molar-refractivity contribution in [3.63, 3.8) is 0 Å². The summed E-state index contributed by atoms with van der Waals surface area (Å²) in [5, 5.41) is 9.39. The molecule has 1 N–H and O–H groups in total. The zero-order valence-corrected chi connectivity index (χ0v) is 7.67.